The van der Waals surface area contributed by atoms with Crippen LogP contribution in [0.5, 0.6) is 0 Å². The number of carbonyl (C=O) groups excluding carboxylic acids is 2. The molecule has 5 nitrogen and oxygen atoms in total. The van der Waals surface area contributed by atoms with Crippen LogP contribution in [0.2, 0.25) is 0 Å². The number of anilines is 1. The number of nitrogens with one attached hydrogen (secondary N) is 3. The molecule has 7 heteroatoms. The summed E-state index contributed by atoms with van der Waals surface area (Å²) < 4.78 is 26.5. The van der Waals surface area contributed by atoms with Gasteiger partial charge < -0.3 is 16.0 Å². The van der Waals surface area contributed by atoms with E-state index < -0.39 is 29.6 Å². The number of para-hydroxylation sites is 1. The maximum atomic E-state index is 13.6. The monoisotopic (exact) mass is 333 g/mol. The number of rotatable bonds is 5. The number of halogens is 2. The highest BCUT2D eigenvalue weighted by atomic mass is 19.1. The average molecular weight is 333 g/mol. The zero-order chi connectivity index (χ0) is 17.5. The predicted octanol–water partition coefficient (Wildman–Crippen LogP) is 2.96. The molecule has 0 spiro atoms. The highest BCUT2D eigenvalue weighted by Gasteiger charge is 2.14. The summed E-state index contributed by atoms with van der Waals surface area (Å²) in [6, 6.07) is 10.7. The van der Waals surface area contributed by atoms with E-state index in [0.29, 0.717) is 5.69 Å². The van der Waals surface area contributed by atoms with E-state index in [9.17, 15) is 18.4 Å². The van der Waals surface area contributed by atoms with E-state index in [4.69, 9.17) is 0 Å². The van der Waals surface area contributed by atoms with E-state index in [1.54, 1.807) is 31.2 Å². The maximum Gasteiger partial charge on any atom is 0.319 e. The highest BCUT2D eigenvalue weighted by molar-refractivity contribution is 5.92. The van der Waals surface area contributed by atoms with Crippen molar-refractivity contribution >= 4 is 17.6 Å². The smallest absolute Gasteiger partial charge is 0.319 e. The van der Waals surface area contributed by atoms with Crippen LogP contribution in [0.3, 0.4) is 0 Å². The van der Waals surface area contributed by atoms with Gasteiger partial charge in [0.2, 0.25) is 5.91 Å². The average Bonchev–Trinajstić information content (AvgIpc) is 2.53. The van der Waals surface area contributed by atoms with Crippen LogP contribution < -0.4 is 16.0 Å². The quantitative estimate of drug-likeness (QED) is 0.787. The molecule has 0 aliphatic heterocycles. The van der Waals surface area contributed by atoms with Crippen LogP contribution in [0.25, 0.3) is 0 Å². The molecular weight excluding hydrogens is 316 g/mol. The molecule has 3 N–H and O–H groups in total. The van der Waals surface area contributed by atoms with Crippen molar-refractivity contribution in [1.82, 2.24) is 10.6 Å². The number of amides is 3. The standard InChI is InChI=1S/C17H17F2N3O2/c1-11(14-8-7-12(18)9-15(14)19)21-16(23)10-20-17(24)22-13-5-3-2-4-6-13/h2-9,11H,10H2,1H3,(H,21,23)(H2,20,22,24)/t11-/m1/s1. The Labute approximate surface area is 138 Å². The van der Waals surface area contributed by atoms with Crippen LogP contribution in [-0.2, 0) is 4.79 Å². The third kappa shape index (κ3) is 5.05. The summed E-state index contributed by atoms with van der Waals surface area (Å²) >= 11 is 0. The second-order valence-corrected chi connectivity index (χ2v) is 5.13. The summed E-state index contributed by atoms with van der Waals surface area (Å²) in [5.41, 5.74) is 0.760. The summed E-state index contributed by atoms with van der Waals surface area (Å²) in [6.45, 7) is 1.30. The minimum Gasteiger partial charge on any atom is -0.348 e. The van der Waals surface area contributed by atoms with E-state index in [-0.39, 0.29) is 12.1 Å². The van der Waals surface area contributed by atoms with Crippen molar-refractivity contribution in [2.75, 3.05) is 11.9 Å². The van der Waals surface area contributed by atoms with Gasteiger partial charge in [-0.25, -0.2) is 13.6 Å². The first kappa shape index (κ1) is 17.4. The Morgan fingerprint density at radius 1 is 1.08 bits per heavy atom. The molecular formula is C17H17F2N3O2. The summed E-state index contributed by atoms with van der Waals surface area (Å²) in [6.07, 6.45) is 0. The third-order valence-corrected chi connectivity index (χ3v) is 3.25. The number of hydrogen-bond donors (Lipinski definition) is 3. The van der Waals surface area contributed by atoms with Gasteiger partial charge in [0.25, 0.3) is 0 Å². The molecule has 0 unspecified atom stereocenters. The molecule has 0 saturated carbocycles. The highest BCUT2D eigenvalue weighted by Crippen LogP contribution is 2.17. The lowest BCUT2D eigenvalue weighted by Crippen LogP contribution is -2.39. The minimum absolute atomic E-state index is 0.165. The number of urea groups is 1. The van der Waals surface area contributed by atoms with Crippen molar-refractivity contribution in [3.63, 3.8) is 0 Å². The Hall–Kier alpha value is -2.96. The van der Waals surface area contributed by atoms with Crippen molar-refractivity contribution in [2.45, 2.75) is 13.0 Å². The van der Waals surface area contributed by atoms with Crippen LogP contribution in [0.1, 0.15) is 18.5 Å². The van der Waals surface area contributed by atoms with Gasteiger partial charge >= 0.3 is 6.03 Å². The first-order valence-corrected chi connectivity index (χ1v) is 7.30. The zero-order valence-electron chi connectivity index (χ0n) is 13.0. The Morgan fingerprint density at radius 3 is 2.46 bits per heavy atom. The van der Waals surface area contributed by atoms with Gasteiger partial charge in [0, 0.05) is 17.3 Å². The number of carbonyl (C=O) groups is 2. The van der Waals surface area contributed by atoms with Crippen molar-refractivity contribution in [1.29, 1.82) is 0 Å². The molecule has 0 bridgehead atoms. The van der Waals surface area contributed by atoms with Crippen molar-refractivity contribution in [3.8, 4) is 0 Å². The lowest BCUT2D eigenvalue weighted by atomic mass is 10.1. The third-order valence-electron chi connectivity index (χ3n) is 3.25. The molecule has 2 aromatic rings. The molecule has 2 rings (SSSR count). The summed E-state index contributed by atoms with van der Waals surface area (Å²) in [4.78, 5) is 23.5. The first-order chi connectivity index (χ1) is 11.5. The van der Waals surface area contributed by atoms with Gasteiger partial charge in [-0.2, -0.15) is 0 Å². The minimum atomic E-state index is -0.738. The first-order valence-electron chi connectivity index (χ1n) is 7.30. The van der Waals surface area contributed by atoms with Gasteiger partial charge in [-0.1, -0.05) is 24.3 Å². The summed E-state index contributed by atoms with van der Waals surface area (Å²) in [5, 5.41) is 7.49. The van der Waals surface area contributed by atoms with Crippen molar-refractivity contribution in [3.05, 3.63) is 65.7 Å². The van der Waals surface area contributed by atoms with Crippen molar-refractivity contribution < 1.29 is 18.4 Å². The van der Waals surface area contributed by atoms with Gasteiger partial charge in [-0.05, 0) is 25.1 Å². The Morgan fingerprint density at radius 2 is 1.79 bits per heavy atom. The molecule has 0 saturated heterocycles. The molecule has 0 aromatic heterocycles. The molecule has 0 radical (unpaired) electrons. The Bertz CT molecular complexity index is 723. The normalized spacial score (nSPS) is 11.5. The van der Waals surface area contributed by atoms with E-state index in [0.717, 1.165) is 12.1 Å². The molecule has 0 fully saturated rings. The molecule has 1 atom stereocenters. The molecule has 0 aliphatic rings. The fourth-order valence-corrected chi connectivity index (χ4v) is 2.08. The molecule has 126 valence electrons. The number of benzene rings is 2. The van der Waals surface area contributed by atoms with Gasteiger partial charge in [-0.3, -0.25) is 4.79 Å². The number of hydrogen-bond acceptors (Lipinski definition) is 2. The van der Waals surface area contributed by atoms with E-state index in [1.807, 2.05) is 6.07 Å². The molecule has 2 aromatic carbocycles. The van der Waals surface area contributed by atoms with E-state index >= 15 is 0 Å². The van der Waals surface area contributed by atoms with Crippen LogP contribution in [0.15, 0.2) is 48.5 Å². The molecule has 0 aliphatic carbocycles. The second kappa shape index (κ2) is 8.05. The fourth-order valence-electron chi connectivity index (χ4n) is 2.08. The maximum absolute atomic E-state index is 13.6. The zero-order valence-corrected chi connectivity index (χ0v) is 13.0. The van der Waals surface area contributed by atoms with Crippen LogP contribution >= 0.6 is 0 Å². The topological polar surface area (TPSA) is 70.2 Å². The van der Waals surface area contributed by atoms with Crippen LogP contribution in [-0.4, -0.2) is 18.5 Å². The summed E-state index contributed by atoms with van der Waals surface area (Å²) in [7, 11) is 0. The Balaban J connectivity index is 1.81. The lowest BCUT2D eigenvalue weighted by molar-refractivity contribution is -0.120. The molecule has 24 heavy (non-hydrogen) atoms. The van der Waals surface area contributed by atoms with Gasteiger partial charge in [0.1, 0.15) is 11.6 Å². The fraction of sp³-hybridized carbons (Fsp3) is 0.176. The Kier molecular flexibility index (Phi) is 5.83. The van der Waals surface area contributed by atoms with Gasteiger partial charge in [0.15, 0.2) is 0 Å². The summed E-state index contributed by atoms with van der Waals surface area (Å²) in [5.74, 6) is -1.92. The molecule has 0 heterocycles. The van der Waals surface area contributed by atoms with E-state index in [1.165, 1.54) is 6.07 Å². The second-order valence-electron chi connectivity index (χ2n) is 5.13. The van der Waals surface area contributed by atoms with Crippen LogP contribution in [0, 0.1) is 11.6 Å². The van der Waals surface area contributed by atoms with E-state index in [2.05, 4.69) is 16.0 Å². The SMILES string of the molecule is C[C@@H](NC(=O)CNC(=O)Nc1ccccc1)c1ccc(F)cc1F. The van der Waals surface area contributed by atoms with Crippen molar-refractivity contribution in [2.24, 2.45) is 0 Å². The lowest BCUT2D eigenvalue weighted by Gasteiger charge is -2.15. The van der Waals surface area contributed by atoms with Crippen LogP contribution in [0.4, 0.5) is 19.3 Å². The predicted molar refractivity (Wildman–Crippen MR) is 86.4 cm³/mol. The van der Waals surface area contributed by atoms with Gasteiger partial charge in [0.05, 0.1) is 12.6 Å². The molecule has 3 amide bonds. The largest absolute Gasteiger partial charge is 0.348 e. The van der Waals surface area contributed by atoms with Gasteiger partial charge in [-0.15, -0.1) is 0 Å².